The highest BCUT2D eigenvalue weighted by Crippen LogP contribution is 2.38. The van der Waals surface area contributed by atoms with E-state index in [2.05, 4.69) is 22.3 Å². The fourth-order valence-corrected chi connectivity index (χ4v) is 7.63. The Hall–Kier alpha value is -2.96. The quantitative estimate of drug-likeness (QED) is 0.216. The number of aryl methyl sites for hydroxylation is 1. The molecule has 210 valence electrons. The Balaban J connectivity index is 1.02. The molecule has 0 spiro atoms. The van der Waals surface area contributed by atoms with Crippen LogP contribution in [-0.2, 0) is 39.6 Å². The highest BCUT2D eigenvalue weighted by molar-refractivity contribution is 7.12. The van der Waals surface area contributed by atoms with E-state index in [9.17, 15) is 14.7 Å². The number of nitrogens with zero attached hydrogens (tertiary/aromatic N) is 4. The number of thiophene rings is 2. The van der Waals surface area contributed by atoms with E-state index in [1.54, 1.807) is 18.2 Å². The summed E-state index contributed by atoms with van der Waals surface area (Å²) in [6, 6.07) is 9.44. The molecule has 0 amide bonds. The van der Waals surface area contributed by atoms with Crippen LogP contribution in [0.5, 0.6) is 0 Å². The normalized spacial score (nSPS) is 19.3. The summed E-state index contributed by atoms with van der Waals surface area (Å²) in [6.07, 6.45) is 4.96. The number of carbonyl (C=O) groups excluding carboxylic acids is 2. The molecule has 1 aliphatic carbocycles. The van der Waals surface area contributed by atoms with E-state index in [1.807, 2.05) is 27.6 Å². The van der Waals surface area contributed by atoms with E-state index >= 15 is 0 Å². The second kappa shape index (κ2) is 11.5. The Kier molecular flexibility index (Phi) is 7.82. The van der Waals surface area contributed by atoms with Gasteiger partial charge in [-0.15, -0.1) is 27.8 Å². The fraction of sp³-hybridized carbons (Fsp3) is 0.448. The average molecular weight is 581 g/mol. The van der Waals surface area contributed by atoms with E-state index in [-0.39, 0.29) is 6.10 Å². The van der Waals surface area contributed by atoms with Crippen LogP contribution >= 0.6 is 22.7 Å². The van der Waals surface area contributed by atoms with Crippen LogP contribution in [-0.4, -0.2) is 63.0 Å². The topological polar surface area (TPSA) is 107 Å². The third-order valence-electron chi connectivity index (χ3n) is 8.14. The van der Waals surface area contributed by atoms with Gasteiger partial charge in [0, 0.05) is 23.7 Å². The average Bonchev–Trinajstić information content (AvgIpc) is 3.79. The molecule has 40 heavy (non-hydrogen) atoms. The Morgan fingerprint density at radius 1 is 1.18 bits per heavy atom. The van der Waals surface area contributed by atoms with Gasteiger partial charge in [-0.25, -0.2) is 9.48 Å². The first-order chi connectivity index (χ1) is 19.5. The number of carbonyl (C=O) groups is 2. The fourth-order valence-electron chi connectivity index (χ4n) is 5.91. The number of fused-ring (bicyclic) bond motifs is 3. The minimum atomic E-state index is -1.76. The van der Waals surface area contributed by atoms with Crippen molar-refractivity contribution in [3.05, 3.63) is 67.5 Å². The van der Waals surface area contributed by atoms with E-state index in [4.69, 9.17) is 9.47 Å². The Bertz CT molecular complexity index is 1440. The lowest BCUT2D eigenvalue weighted by Crippen LogP contribution is -2.42. The molecular formula is C29H32N4O5S2. The van der Waals surface area contributed by atoms with Gasteiger partial charge < -0.3 is 19.5 Å². The lowest BCUT2D eigenvalue weighted by Gasteiger charge is -2.35. The van der Waals surface area contributed by atoms with Crippen molar-refractivity contribution < 1.29 is 24.2 Å². The summed E-state index contributed by atoms with van der Waals surface area (Å²) >= 11 is 2.71. The van der Waals surface area contributed by atoms with Crippen molar-refractivity contribution in [3.8, 4) is 0 Å². The smallest absolute Gasteiger partial charge is 0.349 e. The summed E-state index contributed by atoms with van der Waals surface area (Å²) in [4.78, 5) is 28.3. The van der Waals surface area contributed by atoms with Gasteiger partial charge in [0.2, 0.25) is 5.60 Å². The second-order valence-electron chi connectivity index (χ2n) is 10.5. The molecule has 0 radical (unpaired) electrons. The number of aliphatic hydroxyl groups is 1. The Labute approximate surface area is 240 Å². The van der Waals surface area contributed by atoms with Crippen molar-refractivity contribution in [3.63, 3.8) is 0 Å². The number of aldehydes is 1. The van der Waals surface area contributed by atoms with Gasteiger partial charge in [0.05, 0.1) is 28.5 Å². The summed E-state index contributed by atoms with van der Waals surface area (Å²) in [6.45, 7) is 2.56. The molecule has 0 bridgehead atoms. The largest absolute Gasteiger partial charge is 0.460 e. The molecule has 1 N–H and O–H groups in total. The zero-order valence-electron chi connectivity index (χ0n) is 22.3. The van der Waals surface area contributed by atoms with Gasteiger partial charge in [-0.3, -0.25) is 4.79 Å². The van der Waals surface area contributed by atoms with E-state index < -0.39 is 11.6 Å². The van der Waals surface area contributed by atoms with Crippen LogP contribution in [0, 0.1) is 0 Å². The van der Waals surface area contributed by atoms with Crippen molar-refractivity contribution in [2.45, 2.75) is 69.6 Å². The molecule has 1 fully saturated rings. The molecule has 6 rings (SSSR count). The van der Waals surface area contributed by atoms with Crippen LogP contribution < -0.4 is 0 Å². The SMILES string of the molecule is CN(CCCn1nnc2cc(C=O)c3c(c21)COC3)[C@H]1CC[C@H](OC(=O)C(O)(c2cccs2)c2cccs2)CC1. The maximum Gasteiger partial charge on any atom is 0.349 e. The third-order valence-corrected chi connectivity index (χ3v) is 10.1. The number of hydrogen-bond acceptors (Lipinski definition) is 10. The molecule has 0 saturated heterocycles. The predicted octanol–water partition coefficient (Wildman–Crippen LogP) is 4.51. The first kappa shape index (κ1) is 27.2. The van der Waals surface area contributed by atoms with Crippen molar-refractivity contribution in [1.82, 2.24) is 19.9 Å². The summed E-state index contributed by atoms with van der Waals surface area (Å²) < 4.78 is 13.5. The van der Waals surface area contributed by atoms with Crippen LogP contribution in [0.1, 0.15) is 63.3 Å². The zero-order chi connectivity index (χ0) is 27.7. The molecule has 9 nitrogen and oxygen atoms in total. The highest BCUT2D eigenvalue weighted by Gasteiger charge is 2.45. The monoisotopic (exact) mass is 580 g/mol. The van der Waals surface area contributed by atoms with Gasteiger partial charge in [-0.05, 0) is 80.2 Å². The van der Waals surface area contributed by atoms with Crippen molar-refractivity contribution in [1.29, 1.82) is 0 Å². The van der Waals surface area contributed by atoms with Crippen LogP contribution in [0.3, 0.4) is 0 Å². The van der Waals surface area contributed by atoms with Crippen molar-refractivity contribution in [2.24, 2.45) is 0 Å². The van der Waals surface area contributed by atoms with Crippen molar-refractivity contribution in [2.75, 3.05) is 13.6 Å². The standard InChI is InChI=1S/C29H32N4O5S2/c1-32(11-4-12-33-27-23-18-37-17-22(23)19(16-34)15-24(27)30-31-33)20-7-9-21(10-8-20)38-28(35)29(36,25-5-2-13-39-25)26-6-3-14-40-26/h2-3,5-6,13-16,20-21,36H,4,7-12,17-18H2,1H3/t20-,21-. The molecule has 4 heterocycles. The number of esters is 1. The van der Waals surface area contributed by atoms with Gasteiger partial charge in [0.15, 0.2) is 6.29 Å². The Morgan fingerprint density at radius 3 is 2.52 bits per heavy atom. The highest BCUT2D eigenvalue weighted by atomic mass is 32.1. The van der Waals surface area contributed by atoms with Gasteiger partial charge in [0.1, 0.15) is 11.6 Å². The zero-order valence-corrected chi connectivity index (χ0v) is 24.0. The summed E-state index contributed by atoms with van der Waals surface area (Å²) in [5.74, 6) is -0.591. The number of rotatable bonds is 10. The summed E-state index contributed by atoms with van der Waals surface area (Å²) in [5, 5.41) is 23.9. The van der Waals surface area contributed by atoms with Gasteiger partial charge in [0.25, 0.3) is 0 Å². The van der Waals surface area contributed by atoms with Crippen LogP contribution in [0.15, 0.2) is 41.1 Å². The molecule has 11 heteroatoms. The first-order valence-corrected chi connectivity index (χ1v) is 15.4. The summed E-state index contributed by atoms with van der Waals surface area (Å²) in [7, 11) is 2.14. The molecule has 4 aromatic rings. The lowest BCUT2D eigenvalue weighted by molar-refractivity contribution is -0.169. The minimum absolute atomic E-state index is 0.203. The molecule has 1 aromatic carbocycles. The van der Waals surface area contributed by atoms with Gasteiger partial charge >= 0.3 is 5.97 Å². The van der Waals surface area contributed by atoms with Crippen LogP contribution in [0.4, 0.5) is 0 Å². The van der Waals surface area contributed by atoms with Gasteiger partial charge in [-0.1, -0.05) is 17.3 Å². The molecule has 3 aromatic heterocycles. The van der Waals surface area contributed by atoms with E-state index in [1.165, 1.54) is 22.7 Å². The molecule has 0 atom stereocenters. The molecule has 0 unspecified atom stereocenters. The number of ether oxygens (including phenoxy) is 2. The van der Waals surface area contributed by atoms with Crippen molar-refractivity contribution >= 4 is 46.0 Å². The molecule has 2 aliphatic rings. The molecule has 1 saturated carbocycles. The van der Waals surface area contributed by atoms with Crippen LogP contribution in [0.2, 0.25) is 0 Å². The number of aromatic nitrogens is 3. The predicted molar refractivity (Wildman–Crippen MR) is 152 cm³/mol. The maximum absolute atomic E-state index is 13.3. The van der Waals surface area contributed by atoms with Gasteiger partial charge in [-0.2, -0.15) is 0 Å². The van der Waals surface area contributed by atoms with Crippen LogP contribution in [0.25, 0.3) is 11.0 Å². The van der Waals surface area contributed by atoms with E-state index in [0.717, 1.165) is 73.6 Å². The third kappa shape index (κ3) is 5.01. The number of hydrogen-bond donors (Lipinski definition) is 1. The molecule has 1 aliphatic heterocycles. The summed E-state index contributed by atoms with van der Waals surface area (Å²) in [5.41, 5.74) is 2.55. The molecular weight excluding hydrogens is 548 g/mol. The minimum Gasteiger partial charge on any atom is -0.460 e. The first-order valence-electron chi connectivity index (χ1n) is 13.6. The van der Waals surface area contributed by atoms with E-state index in [0.29, 0.717) is 34.6 Å². The number of benzene rings is 1. The second-order valence-corrected chi connectivity index (χ2v) is 12.4. The maximum atomic E-state index is 13.3. The lowest BCUT2D eigenvalue weighted by atomic mass is 9.91. The Morgan fingerprint density at radius 2 is 1.88 bits per heavy atom.